The van der Waals surface area contributed by atoms with Gasteiger partial charge in [-0.05, 0) is 52.4 Å². The van der Waals surface area contributed by atoms with E-state index >= 15 is 0 Å². The van der Waals surface area contributed by atoms with Gasteiger partial charge in [0.15, 0.2) is 0 Å². The van der Waals surface area contributed by atoms with Crippen molar-refractivity contribution in [2.45, 2.75) is 36.0 Å². The summed E-state index contributed by atoms with van der Waals surface area (Å²) in [6, 6.07) is 23.9. The summed E-state index contributed by atoms with van der Waals surface area (Å²) in [7, 11) is 0. The lowest BCUT2D eigenvalue weighted by Gasteiger charge is -2.19. The first-order valence-corrected chi connectivity index (χ1v) is 9.62. The Bertz CT molecular complexity index is 929. The molecular weight excluding hydrogens is 354 g/mol. The summed E-state index contributed by atoms with van der Waals surface area (Å²) in [4.78, 5) is 14.2. The quantitative estimate of drug-likeness (QED) is 0.438. The molecule has 0 aromatic heterocycles. The maximum atomic E-state index is 12.0. The van der Waals surface area contributed by atoms with Crippen LogP contribution >= 0.6 is 11.8 Å². The van der Waals surface area contributed by atoms with Gasteiger partial charge >= 0.3 is 0 Å². The highest BCUT2D eigenvalue weighted by molar-refractivity contribution is 7.99. The van der Waals surface area contributed by atoms with Crippen LogP contribution in [-0.4, -0.2) is 11.1 Å². The molecule has 138 valence electrons. The Morgan fingerprint density at radius 1 is 0.889 bits per heavy atom. The van der Waals surface area contributed by atoms with E-state index in [4.69, 9.17) is 5.21 Å². The van der Waals surface area contributed by atoms with Gasteiger partial charge in [0.2, 0.25) is 0 Å². The monoisotopic (exact) mass is 377 g/mol. The molecule has 3 aromatic carbocycles. The standard InChI is InChI=1S/C23H23NO2S/c1-23(2,3)17-9-11-18(12-10-17)27-19-13-14-20(22(25)24-26)21(15-19)16-7-5-4-6-8-16/h4-15,26H,1-3H3,(H,24,25). The first kappa shape index (κ1) is 19.2. The van der Waals surface area contributed by atoms with Gasteiger partial charge in [-0.1, -0.05) is 75.0 Å². The van der Waals surface area contributed by atoms with Crippen LogP contribution in [0.5, 0.6) is 0 Å². The highest BCUT2D eigenvalue weighted by Gasteiger charge is 2.15. The summed E-state index contributed by atoms with van der Waals surface area (Å²) in [5.41, 5.74) is 5.32. The second-order valence-electron chi connectivity index (χ2n) is 7.39. The van der Waals surface area contributed by atoms with Crippen LogP contribution < -0.4 is 5.48 Å². The number of benzene rings is 3. The molecule has 3 aromatic rings. The number of hydroxylamine groups is 1. The molecule has 1 amide bonds. The van der Waals surface area contributed by atoms with Gasteiger partial charge in [0.1, 0.15) is 0 Å². The van der Waals surface area contributed by atoms with Crippen molar-refractivity contribution in [1.82, 2.24) is 5.48 Å². The second-order valence-corrected chi connectivity index (χ2v) is 8.54. The van der Waals surface area contributed by atoms with Crippen LogP contribution in [-0.2, 0) is 5.41 Å². The molecular formula is C23H23NO2S. The molecule has 4 heteroatoms. The predicted octanol–water partition coefficient (Wildman–Crippen LogP) is 5.92. The van der Waals surface area contributed by atoms with Crippen LogP contribution in [0.3, 0.4) is 0 Å². The molecule has 0 atom stereocenters. The molecule has 0 unspecified atom stereocenters. The minimum atomic E-state index is -0.514. The van der Waals surface area contributed by atoms with Crippen LogP contribution in [0, 0.1) is 0 Å². The van der Waals surface area contributed by atoms with Crippen LogP contribution in [0.25, 0.3) is 11.1 Å². The zero-order valence-corrected chi connectivity index (χ0v) is 16.5. The van der Waals surface area contributed by atoms with E-state index in [1.54, 1.807) is 23.3 Å². The van der Waals surface area contributed by atoms with Crippen LogP contribution in [0.4, 0.5) is 0 Å². The second kappa shape index (κ2) is 7.99. The summed E-state index contributed by atoms with van der Waals surface area (Å²) in [5.74, 6) is -0.514. The molecule has 0 aliphatic rings. The fraction of sp³-hybridized carbons (Fsp3) is 0.174. The predicted molar refractivity (Wildman–Crippen MR) is 110 cm³/mol. The van der Waals surface area contributed by atoms with Crippen LogP contribution in [0.15, 0.2) is 82.6 Å². The molecule has 0 heterocycles. The Morgan fingerprint density at radius 2 is 1.52 bits per heavy atom. The Hall–Kier alpha value is -2.56. The highest BCUT2D eigenvalue weighted by atomic mass is 32.2. The minimum absolute atomic E-state index is 0.128. The summed E-state index contributed by atoms with van der Waals surface area (Å²) >= 11 is 1.65. The molecule has 0 radical (unpaired) electrons. The molecule has 3 rings (SSSR count). The number of hydrogen-bond donors (Lipinski definition) is 2. The van der Waals surface area contributed by atoms with E-state index < -0.39 is 5.91 Å². The van der Waals surface area contributed by atoms with Crippen LogP contribution in [0.2, 0.25) is 0 Å². The molecule has 0 saturated heterocycles. The maximum Gasteiger partial charge on any atom is 0.275 e. The lowest BCUT2D eigenvalue weighted by molar-refractivity contribution is 0.0707. The largest absolute Gasteiger partial charge is 0.288 e. The van der Waals surface area contributed by atoms with Crippen molar-refractivity contribution in [1.29, 1.82) is 0 Å². The minimum Gasteiger partial charge on any atom is -0.288 e. The first-order valence-electron chi connectivity index (χ1n) is 8.81. The molecule has 0 spiro atoms. The topological polar surface area (TPSA) is 49.3 Å². The molecule has 3 nitrogen and oxygen atoms in total. The fourth-order valence-corrected chi connectivity index (χ4v) is 3.72. The molecule has 0 aliphatic heterocycles. The maximum absolute atomic E-state index is 12.0. The van der Waals surface area contributed by atoms with Crippen molar-refractivity contribution in [3.05, 3.63) is 83.9 Å². The molecule has 27 heavy (non-hydrogen) atoms. The summed E-state index contributed by atoms with van der Waals surface area (Å²) in [5, 5.41) is 9.05. The molecule has 0 aliphatic carbocycles. The van der Waals surface area contributed by atoms with Gasteiger partial charge in [-0.3, -0.25) is 10.0 Å². The fourth-order valence-electron chi connectivity index (χ4n) is 2.86. The SMILES string of the molecule is CC(C)(C)c1ccc(Sc2ccc(C(=O)NO)c(-c3ccccc3)c2)cc1. The van der Waals surface area contributed by atoms with E-state index in [9.17, 15) is 4.79 Å². The number of carbonyl (C=O) groups is 1. The Labute approximate surface area is 164 Å². The number of rotatable bonds is 4. The van der Waals surface area contributed by atoms with Crippen molar-refractivity contribution in [2.75, 3.05) is 0 Å². The zero-order valence-electron chi connectivity index (χ0n) is 15.7. The highest BCUT2D eigenvalue weighted by Crippen LogP contribution is 2.34. The van der Waals surface area contributed by atoms with E-state index in [-0.39, 0.29) is 5.41 Å². The third kappa shape index (κ3) is 4.59. The van der Waals surface area contributed by atoms with E-state index in [1.807, 2.05) is 42.5 Å². The number of carbonyl (C=O) groups excluding carboxylic acids is 1. The number of hydrogen-bond acceptors (Lipinski definition) is 3. The average Bonchev–Trinajstić information content (AvgIpc) is 2.68. The zero-order chi connectivity index (χ0) is 19.4. The van der Waals surface area contributed by atoms with Crippen molar-refractivity contribution in [3.8, 4) is 11.1 Å². The lowest BCUT2D eigenvalue weighted by atomic mass is 9.87. The normalized spacial score (nSPS) is 11.3. The Balaban J connectivity index is 1.94. The average molecular weight is 378 g/mol. The Morgan fingerprint density at radius 3 is 2.11 bits per heavy atom. The lowest BCUT2D eigenvalue weighted by Crippen LogP contribution is -2.19. The van der Waals surface area contributed by atoms with Crippen molar-refractivity contribution >= 4 is 17.7 Å². The van der Waals surface area contributed by atoms with Gasteiger partial charge in [-0.2, -0.15) is 0 Å². The van der Waals surface area contributed by atoms with Gasteiger partial charge in [0.05, 0.1) is 0 Å². The van der Waals surface area contributed by atoms with Crippen molar-refractivity contribution in [3.63, 3.8) is 0 Å². The van der Waals surface area contributed by atoms with Crippen LogP contribution in [0.1, 0.15) is 36.7 Å². The summed E-state index contributed by atoms with van der Waals surface area (Å²) < 4.78 is 0. The molecule has 0 bridgehead atoms. The van der Waals surface area contributed by atoms with Gasteiger partial charge in [0.25, 0.3) is 5.91 Å². The van der Waals surface area contributed by atoms with E-state index in [0.717, 1.165) is 20.9 Å². The van der Waals surface area contributed by atoms with Gasteiger partial charge < -0.3 is 0 Å². The molecule has 0 fully saturated rings. The number of nitrogens with one attached hydrogen (secondary N) is 1. The third-order valence-electron chi connectivity index (χ3n) is 4.38. The first-order chi connectivity index (χ1) is 12.9. The van der Waals surface area contributed by atoms with E-state index in [1.165, 1.54) is 5.56 Å². The smallest absolute Gasteiger partial charge is 0.275 e. The van der Waals surface area contributed by atoms with Crippen molar-refractivity contribution < 1.29 is 10.0 Å². The van der Waals surface area contributed by atoms with E-state index in [0.29, 0.717) is 5.56 Å². The molecule has 0 saturated carbocycles. The summed E-state index contributed by atoms with van der Waals surface area (Å²) in [6.07, 6.45) is 0. The third-order valence-corrected chi connectivity index (χ3v) is 5.38. The van der Waals surface area contributed by atoms with E-state index in [2.05, 4.69) is 45.0 Å². The number of amides is 1. The van der Waals surface area contributed by atoms with Gasteiger partial charge in [-0.15, -0.1) is 0 Å². The Kier molecular flexibility index (Phi) is 5.68. The molecule has 2 N–H and O–H groups in total. The van der Waals surface area contributed by atoms with Gasteiger partial charge in [-0.25, -0.2) is 5.48 Å². The van der Waals surface area contributed by atoms with Gasteiger partial charge in [0, 0.05) is 15.4 Å². The van der Waals surface area contributed by atoms with Crippen molar-refractivity contribution in [2.24, 2.45) is 0 Å². The summed E-state index contributed by atoms with van der Waals surface area (Å²) in [6.45, 7) is 6.60.